The van der Waals surface area contributed by atoms with Gasteiger partial charge in [-0.3, -0.25) is 0 Å². The van der Waals surface area contributed by atoms with Crippen molar-refractivity contribution in [2.45, 2.75) is 77.0 Å². The van der Waals surface area contributed by atoms with Gasteiger partial charge in [0.15, 0.2) is 0 Å². The summed E-state index contributed by atoms with van der Waals surface area (Å²) in [6.07, 6.45) is 28.6. The van der Waals surface area contributed by atoms with Gasteiger partial charge in [0, 0.05) is 0 Å². The van der Waals surface area contributed by atoms with E-state index >= 15 is 0 Å². The minimum Gasteiger partial charge on any atom is -0.0776 e. The van der Waals surface area contributed by atoms with Gasteiger partial charge < -0.3 is 0 Å². The van der Waals surface area contributed by atoms with Gasteiger partial charge in [0.2, 0.25) is 0 Å². The average molecular weight is 475 g/mol. The summed E-state index contributed by atoms with van der Waals surface area (Å²) in [4.78, 5) is 0. The molecule has 0 spiro atoms. The molecule has 0 N–H and O–H groups in total. The Morgan fingerprint density at radius 2 is 0.917 bits per heavy atom. The Morgan fingerprint density at radius 3 is 1.39 bits per heavy atom. The third kappa shape index (κ3) is 3.39. The number of benzene rings is 2. The largest absolute Gasteiger partial charge is 0.0776 e. The molecular weight excluding hydrogens is 432 g/mol. The van der Waals surface area contributed by atoms with Crippen molar-refractivity contribution in [3.05, 3.63) is 83.9 Å². The van der Waals surface area contributed by atoms with Gasteiger partial charge in [-0.15, -0.1) is 0 Å². The van der Waals surface area contributed by atoms with Gasteiger partial charge in [-0.25, -0.2) is 0 Å². The fourth-order valence-electron chi connectivity index (χ4n) is 12.0. The van der Waals surface area contributed by atoms with Gasteiger partial charge >= 0.3 is 0 Å². The van der Waals surface area contributed by atoms with Crippen molar-refractivity contribution in [1.29, 1.82) is 0 Å². The lowest BCUT2D eigenvalue weighted by Crippen LogP contribution is -2.64. The SMILES string of the molecule is C(=CC12CC3CC(C=Cc4ccccc4)(C1)CC(C14CC5CC(CC(C5)C1)C4)(C3)C2)c1ccccc1. The van der Waals surface area contributed by atoms with Gasteiger partial charge in [0.05, 0.1) is 0 Å². The van der Waals surface area contributed by atoms with Crippen LogP contribution in [0.15, 0.2) is 72.8 Å². The Balaban J connectivity index is 1.22. The molecule has 2 unspecified atom stereocenters. The number of hydrogen-bond acceptors (Lipinski definition) is 0. The molecule has 0 aromatic heterocycles. The van der Waals surface area contributed by atoms with Crippen LogP contribution >= 0.6 is 0 Å². The fourth-order valence-corrected chi connectivity index (χ4v) is 12.0. The lowest BCUT2D eigenvalue weighted by molar-refractivity contribution is -0.226. The van der Waals surface area contributed by atoms with E-state index in [1.807, 2.05) is 0 Å². The first-order valence-corrected chi connectivity index (χ1v) is 15.0. The molecule has 0 radical (unpaired) electrons. The summed E-state index contributed by atoms with van der Waals surface area (Å²) in [5.74, 6) is 4.07. The monoisotopic (exact) mass is 474 g/mol. The van der Waals surface area contributed by atoms with E-state index in [1.165, 1.54) is 43.2 Å². The highest BCUT2D eigenvalue weighted by Gasteiger charge is 2.69. The van der Waals surface area contributed by atoms with Gasteiger partial charge in [-0.2, -0.15) is 0 Å². The van der Waals surface area contributed by atoms with E-state index in [1.54, 1.807) is 44.9 Å². The summed E-state index contributed by atoms with van der Waals surface area (Å²) in [5.41, 5.74) is 4.76. The lowest BCUT2D eigenvalue weighted by Gasteiger charge is -2.74. The van der Waals surface area contributed by atoms with Crippen molar-refractivity contribution in [1.82, 2.24) is 0 Å². The normalized spacial score (nSPS) is 46.3. The molecule has 0 heteroatoms. The average Bonchev–Trinajstić information content (AvgIpc) is 2.86. The molecule has 8 saturated carbocycles. The topological polar surface area (TPSA) is 0 Å². The second-order valence-corrected chi connectivity index (χ2v) is 14.7. The minimum atomic E-state index is 0.389. The van der Waals surface area contributed by atoms with E-state index in [9.17, 15) is 0 Å². The van der Waals surface area contributed by atoms with Crippen molar-refractivity contribution in [2.75, 3.05) is 0 Å². The first-order valence-electron chi connectivity index (χ1n) is 15.0. The van der Waals surface area contributed by atoms with Crippen LogP contribution in [0.25, 0.3) is 12.2 Å². The number of rotatable bonds is 5. The molecule has 8 aliphatic carbocycles. The molecule has 8 aliphatic rings. The van der Waals surface area contributed by atoms with Crippen LogP contribution in [0.1, 0.15) is 88.2 Å². The summed E-state index contributed by atoms with van der Waals surface area (Å²) >= 11 is 0. The molecule has 36 heavy (non-hydrogen) atoms. The molecular formula is C36H42. The van der Waals surface area contributed by atoms with Crippen molar-refractivity contribution in [3.63, 3.8) is 0 Å². The standard InChI is InChI=1S/C36H42/c1-3-7-27(8-4-1)11-13-33-18-32-19-34(24-33,14-12-28-9-5-2-6-10-28)26-36(23-32,25-33)35-20-29-15-30(21-35)17-31(16-29)22-35/h1-14,29-32H,15-26H2. The minimum absolute atomic E-state index is 0.389. The van der Waals surface area contributed by atoms with Crippen LogP contribution in [0, 0.1) is 45.3 Å². The first kappa shape index (κ1) is 22.0. The maximum absolute atomic E-state index is 2.73. The number of allylic oxidation sites excluding steroid dienone is 2. The maximum Gasteiger partial charge on any atom is -0.00985 e. The molecule has 8 fully saturated rings. The second-order valence-electron chi connectivity index (χ2n) is 14.7. The highest BCUT2D eigenvalue weighted by atomic mass is 14.7. The molecule has 2 atom stereocenters. The predicted octanol–water partition coefficient (Wildman–Crippen LogP) is 9.59. The van der Waals surface area contributed by atoms with Crippen LogP contribution in [-0.2, 0) is 0 Å². The smallest absolute Gasteiger partial charge is 0.00985 e. The predicted molar refractivity (Wildman–Crippen MR) is 150 cm³/mol. The lowest BCUT2D eigenvalue weighted by atomic mass is 9.30. The van der Waals surface area contributed by atoms with Crippen LogP contribution in [-0.4, -0.2) is 0 Å². The summed E-state index contributed by atoms with van der Waals surface area (Å²) in [7, 11) is 0. The molecule has 186 valence electrons. The summed E-state index contributed by atoms with van der Waals surface area (Å²) in [6.45, 7) is 0. The zero-order chi connectivity index (χ0) is 23.8. The molecule has 8 bridgehead atoms. The molecule has 0 saturated heterocycles. The molecule has 2 aromatic rings. The molecule has 0 amide bonds. The maximum atomic E-state index is 2.73. The fraction of sp³-hybridized carbons (Fsp3) is 0.556. The van der Waals surface area contributed by atoms with E-state index in [0.717, 1.165) is 23.7 Å². The van der Waals surface area contributed by atoms with Crippen LogP contribution in [0.2, 0.25) is 0 Å². The summed E-state index contributed by atoms with van der Waals surface area (Å²) < 4.78 is 0. The Hall–Kier alpha value is -2.08. The Labute approximate surface area is 218 Å². The third-order valence-corrected chi connectivity index (χ3v) is 12.2. The van der Waals surface area contributed by atoms with Gasteiger partial charge in [-0.05, 0) is 134 Å². The van der Waals surface area contributed by atoms with E-state index in [2.05, 4.69) is 85.0 Å². The van der Waals surface area contributed by atoms with Gasteiger partial charge in [0.25, 0.3) is 0 Å². The second kappa shape index (κ2) is 7.72. The Bertz CT molecular complexity index is 1080. The molecule has 0 heterocycles. The zero-order valence-electron chi connectivity index (χ0n) is 21.9. The van der Waals surface area contributed by atoms with Crippen LogP contribution in [0.4, 0.5) is 0 Å². The summed E-state index contributed by atoms with van der Waals surface area (Å²) in [5, 5.41) is 0. The third-order valence-electron chi connectivity index (χ3n) is 12.2. The zero-order valence-corrected chi connectivity index (χ0v) is 21.9. The Morgan fingerprint density at radius 1 is 0.472 bits per heavy atom. The molecule has 10 rings (SSSR count). The van der Waals surface area contributed by atoms with E-state index in [0.29, 0.717) is 21.7 Å². The van der Waals surface area contributed by atoms with Gasteiger partial charge in [-0.1, -0.05) is 85.0 Å². The van der Waals surface area contributed by atoms with Crippen LogP contribution < -0.4 is 0 Å². The number of hydrogen-bond donors (Lipinski definition) is 0. The van der Waals surface area contributed by atoms with Gasteiger partial charge in [0.1, 0.15) is 0 Å². The van der Waals surface area contributed by atoms with Crippen molar-refractivity contribution < 1.29 is 0 Å². The highest BCUT2D eigenvalue weighted by Crippen LogP contribution is 2.79. The Kier molecular flexibility index (Phi) is 4.71. The first-order chi connectivity index (χ1) is 17.5. The van der Waals surface area contributed by atoms with Crippen molar-refractivity contribution >= 4 is 12.2 Å². The molecule has 0 aliphatic heterocycles. The van der Waals surface area contributed by atoms with E-state index in [4.69, 9.17) is 0 Å². The van der Waals surface area contributed by atoms with Crippen LogP contribution in [0.3, 0.4) is 0 Å². The van der Waals surface area contributed by atoms with Crippen LogP contribution in [0.5, 0.6) is 0 Å². The van der Waals surface area contributed by atoms with E-state index in [-0.39, 0.29) is 0 Å². The van der Waals surface area contributed by atoms with Crippen molar-refractivity contribution in [2.24, 2.45) is 45.3 Å². The molecule has 2 aromatic carbocycles. The summed E-state index contributed by atoms with van der Waals surface area (Å²) in [6, 6.07) is 22.2. The van der Waals surface area contributed by atoms with Crippen molar-refractivity contribution in [3.8, 4) is 0 Å². The van der Waals surface area contributed by atoms with E-state index < -0.39 is 0 Å². The highest BCUT2D eigenvalue weighted by molar-refractivity contribution is 5.52. The molecule has 0 nitrogen and oxygen atoms in total. The quantitative estimate of drug-likeness (QED) is 0.404.